The second-order valence-corrected chi connectivity index (χ2v) is 11.1. The molecule has 0 unspecified atom stereocenters. The first-order chi connectivity index (χ1) is 16.8. The SMILES string of the molecule is Cc1nc(NCC2(C)CCNCC2)nc(N[C@@]2(O)CC[C@H](CO)[C@H]2O)c1-c1nc2cnccc2s1. The highest BCUT2D eigenvalue weighted by atomic mass is 32.1. The van der Waals surface area contributed by atoms with Crippen LogP contribution >= 0.6 is 11.3 Å². The van der Waals surface area contributed by atoms with Crippen LogP contribution in [0.3, 0.4) is 0 Å². The number of nitrogens with zero attached hydrogens (tertiary/aromatic N) is 4. The molecule has 5 rings (SSSR count). The summed E-state index contributed by atoms with van der Waals surface area (Å²) >= 11 is 1.50. The molecule has 4 heterocycles. The normalized spacial score (nSPS) is 26.2. The van der Waals surface area contributed by atoms with E-state index in [9.17, 15) is 15.3 Å². The quantitative estimate of drug-likeness (QED) is 0.267. The van der Waals surface area contributed by atoms with E-state index in [0.29, 0.717) is 40.9 Å². The fourth-order valence-corrected chi connectivity index (χ4v) is 6.05. The van der Waals surface area contributed by atoms with Gasteiger partial charge in [0.25, 0.3) is 0 Å². The van der Waals surface area contributed by atoms with Crippen LogP contribution < -0.4 is 16.0 Å². The number of nitrogens with one attached hydrogen (secondary N) is 3. The molecule has 35 heavy (non-hydrogen) atoms. The van der Waals surface area contributed by atoms with Gasteiger partial charge in [0.1, 0.15) is 22.4 Å². The molecule has 3 aromatic rings. The van der Waals surface area contributed by atoms with Gasteiger partial charge >= 0.3 is 0 Å². The van der Waals surface area contributed by atoms with Gasteiger partial charge < -0.3 is 31.3 Å². The van der Waals surface area contributed by atoms with Crippen LogP contribution in [-0.4, -0.2) is 73.3 Å². The largest absolute Gasteiger partial charge is 0.396 e. The molecule has 1 aliphatic heterocycles. The van der Waals surface area contributed by atoms with Gasteiger partial charge in [0.2, 0.25) is 5.95 Å². The number of aliphatic hydroxyl groups is 3. The Hall–Kier alpha value is -2.44. The lowest BCUT2D eigenvalue weighted by Gasteiger charge is -2.34. The van der Waals surface area contributed by atoms with Gasteiger partial charge in [0.05, 0.1) is 22.2 Å². The van der Waals surface area contributed by atoms with E-state index in [0.717, 1.165) is 42.7 Å². The third-order valence-corrected chi connectivity index (χ3v) is 8.43. The molecule has 188 valence electrons. The molecule has 1 saturated heterocycles. The van der Waals surface area contributed by atoms with E-state index in [1.807, 2.05) is 13.0 Å². The summed E-state index contributed by atoms with van der Waals surface area (Å²) < 4.78 is 0.987. The molecule has 3 aromatic heterocycles. The number of anilines is 2. The molecule has 2 aliphatic rings. The van der Waals surface area contributed by atoms with E-state index in [1.165, 1.54) is 11.3 Å². The number of rotatable bonds is 7. The number of piperidine rings is 1. The standard InChI is InChI=1S/C24H33N7O3S/c1-14-18(21-29-16-11-26-8-4-17(16)35-21)20(31-24(34)5-3-15(12-32)19(24)33)30-22(28-14)27-13-23(2)6-9-25-10-7-23/h4,8,11,15,19,25,32-34H,3,5-7,9-10,12-13H2,1-2H3,(H2,27,28,30,31)/t15-,19-,24-/m1/s1. The molecule has 0 aromatic carbocycles. The fraction of sp³-hybridized carbons (Fsp3) is 0.583. The van der Waals surface area contributed by atoms with Gasteiger partial charge in [-0.1, -0.05) is 6.92 Å². The minimum Gasteiger partial charge on any atom is -0.396 e. The number of aryl methyl sites for hydroxylation is 1. The smallest absolute Gasteiger partial charge is 0.224 e. The number of aromatic nitrogens is 4. The molecular weight excluding hydrogens is 466 g/mol. The number of thiazole rings is 1. The van der Waals surface area contributed by atoms with E-state index in [2.05, 4.69) is 27.9 Å². The molecule has 0 amide bonds. The summed E-state index contributed by atoms with van der Waals surface area (Å²) in [6.45, 7) is 6.70. The summed E-state index contributed by atoms with van der Waals surface area (Å²) in [7, 11) is 0. The van der Waals surface area contributed by atoms with Gasteiger partial charge in [-0.05, 0) is 57.2 Å². The Morgan fingerprint density at radius 2 is 2.00 bits per heavy atom. The minimum atomic E-state index is -1.61. The first-order valence-electron chi connectivity index (χ1n) is 12.1. The maximum Gasteiger partial charge on any atom is 0.224 e. The van der Waals surface area contributed by atoms with Crippen LogP contribution in [0.15, 0.2) is 18.5 Å². The topological polar surface area (TPSA) is 148 Å². The van der Waals surface area contributed by atoms with Crippen molar-refractivity contribution in [3.63, 3.8) is 0 Å². The molecule has 0 radical (unpaired) electrons. The third-order valence-electron chi connectivity index (χ3n) is 7.38. The maximum absolute atomic E-state index is 11.3. The van der Waals surface area contributed by atoms with Crippen molar-refractivity contribution in [1.29, 1.82) is 0 Å². The molecule has 3 atom stereocenters. The van der Waals surface area contributed by atoms with Crippen molar-refractivity contribution in [2.24, 2.45) is 11.3 Å². The van der Waals surface area contributed by atoms with Gasteiger partial charge in [-0.2, -0.15) is 4.98 Å². The van der Waals surface area contributed by atoms with Gasteiger partial charge in [-0.15, -0.1) is 11.3 Å². The summed E-state index contributed by atoms with van der Waals surface area (Å²) in [5.41, 5.74) is 0.696. The van der Waals surface area contributed by atoms with Crippen molar-refractivity contribution in [2.45, 2.75) is 51.4 Å². The first-order valence-corrected chi connectivity index (χ1v) is 13.0. The van der Waals surface area contributed by atoms with Crippen molar-refractivity contribution in [3.05, 3.63) is 24.2 Å². The van der Waals surface area contributed by atoms with Gasteiger partial charge in [-0.3, -0.25) is 4.98 Å². The van der Waals surface area contributed by atoms with Crippen molar-refractivity contribution in [2.75, 3.05) is 36.9 Å². The summed E-state index contributed by atoms with van der Waals surface area (Å²) in [5.74, 6) is 0.471. The highest BCUT2D eigenvalue weighted by molar-refractivity contribution is 7.21. The van der Waals surface area contributed by atoms with Crippen molar-refractivity contribution >= 4 is 33.3 Å². The zero-order valence-corrected chi connectivity index (χ0v) is 20.9. The van der Waals surface area contributed by atoms with Gasteiger partial charge in [0.15, 0.2) is 5.72 Å². The van der Waals surface area contributed by atoms with E-state index >= 15 is 0 Å². The molecule has 6 N–H and O–H groups in total. The average molecular weight is 500 g/mol. The van der Waals surface area contributed by atoms with E-state index < -0.39 is 17.7 Å². The zero-order chi connectivity index (χ0) is 24.6. The number of aliphatic hydroxyl groups excluding tert-OH is 2. The monoisotopic (exact) mass is 499 g/mol. The Labute approximate surface area is 208 Å². The number of pyridine rings is 1. The van der Waals surface area contributed by atoms with Crippen LogP contribution in [0.5, 0.6) is 0 Å². The van der Waals surface area contributed by atoms with E-state index in [1.54, 1.807) is 12.4 Å². The minimum absolute atomic E-state index is 0.142. The second-order valence-electron chi connectivity index (χ2n) is 10.1. The van der Waals surface area contributed by atoms with Crippen LogP contribution in [0.25, 0.3) is 20.8 Å². The highest BCUT2D eigenvalue weighted by Gasteiger charge is 2.47. The number of fused-ring (bicyclic) bond motifs is 1. The van der Waals surface area contributed by atoms with E-state index in [4.69, 9.17) is 15.0 Å². The van der Waals surface area contributed by atoms with E-state index in [-0.39, 0.29) is 12.0 Å². The lowest BCUT2D eigenvalue weighted by molar-refractivity contribution is -0.0545. The molecule has 1 aliphatic carbocycles. The molecule has 2 fully saturated rings. The molecule has 11 heteroatoms. The molecule has 0 spiro atoms. The molecular formula is C24H33N7O3S. The van der Waals surface area contributed by atoms with Crippen LogP contribution in [0.2, 0.25) is 0 Å². The first kappa shape index (κ1) is 24.3. The van der Waals surface area contributed by atoms with Crippen LogP contribution in [-0.2, 0) is 0 Å². The summed E-state index contributed by atoms with van der Waals surface area (Å²) in [6.07, 6.45) is 5.25. The second kappa shape index (κ2) is 9.55. The van der Waals surface area contributed by atoms with Crippen molar-refractivity contribution in [1.82, 2.24) is 25.3 Å². The Balaban J connectivity index is 1.51. The predicted octanol–water partition coefficient (Wildman–Crippen LogP) is 2.12. The Morgan fingerprint density at radius 1 is 1.20 bits per heavy atom. The summed E-state index contributed by atoms with van der Waals surface area (Å²) in [6, 6.07) is 1.91. The van der Waals surface area contributed by atoms with Crippen molar-refractivity contribution < 1.29 is 15.3 Å². The van der Waals surface area contributed by atoms with Crippen LogP contribution in [0.1, 0.15) is 38.3 Å². The molecule has 10 nitrogen and oxygen atoms in total. The van der Waals surface area contributed by atoms with Crippen LogP contribution in [0.4, 0.5) is 11.8 Å². The van der Waals surface area contributed by atoms with Gasteiger partial charge in [0, 0.05) is 25.3 Å². The number of hydrogen-bond acceptors (Lipinski definition) is 11. The lowest BCUT2D eigenvalue weighted by atomic mass is 9.81. The summed E-state index contributed by atoms with van der Waals surface area (Å²) in [5, 5.41) is 42.3. The zero-order valence-electron chi connectivity index (χ0n) is 20.1. The summed E-state index contributed by atoms with van der Waals surface area (Å²) in [4.78, 5) is 18.4. The third kappa shape index (κ3) is 4.83. The van der Waals surface area contributed by atoms with Crippen molar-refractivity contribution in [3.8, 4) is 10.6 Å². The Bertz CT molecular complexity index is 1170. The average Bonchev–Trinajstić information content (AvgIpc) is 3.38. The highest BCUT2D eigenvalue weighted by Crippen LogP contribution is 2.40. The van der Waals surface area contributed by atoms with Crippen LogP contribution in [0, 0.1) is 18.3 Å². The number of hydrogen-bond donors (Lipinski definition) is 6. The maximum atomic E-state index is 11.3. The molecule has 1 saturated carbocycles. The Kier molecular flexibility index (Phi) is 6.62. The fourth-order valence-electron chi connectivity index (χ4n) is 5.02. The molecule has 0 bridgehead atoms. The Morgan fingerprint density at radius 3 is 2.71 bits per heavy atom. The lowest BCUT2D eigenvalue weighted by Crippen LogP contribution is -2.48. The predicted molar refractivity (Wildman–Crippen MR) is 136 cm³/mol. The van der Waals surface area contributed by atoms with Gasteiger partial charge in [-0.25, -0.2) is 9.97 Å².